The average molecular weight is 561 g/mol. The topological polar surface area (TPSA) is 126 Å². The summed E-state index contributed by atoms with van der Waals surface area (Å²) in [5.41, 5.74) is 5.87. The van der Waals surface area contributed by atoms with Gasteiger partial charge in [0.2, 0.25) is 0 Å². The van der Waals surface area contributed by atoms with E-state index < -0.39 is 21.4 Å². The number of rotatable bonds is 5. The van der Waals surface area contributed by atoms with Gasteiger partial charge in [-0.15, -0.1) is 0 Å². The Hall–Kier alpha value is -3.25. The molecule has 5 rings (SSSR count). The van der Waals surface area contributed by atoms with Gasteiger partial charge in [0.05, 0.1) is 10.3 Å². The number of aliphatic hydroxyl groups is 1. The van der Waals surface area contributed by atoms with E-state index in [-0.39, 0.29) is 27.1 Å². The molecule has 1 fully saturated rings. The van der Waals surface area contributed by atoms with Crippen molar-refractivity contribution in [2.45, 2.75) is 23.3 Å². The SMILES string of the molecule is Nc1nc2c(S(=O)(=O)Nc3ccc(C(=O)N4CCC(O)(c5ccccc5Cl)CC4)cc3)cc(F)cc2s1. The van der Waals surface area contributed by atoms with Crippen LogP contribution < -0.4 is 10.5 Å². The number of nitrogens with one attached hydrogen (secondary N) is 1. The number of nitrogen functional groups attached to an aromatic ring is 1. The van der Waals surface area contributed by atoms with Gasteiger partial charge in [0.1, 0.15) is 16.2 Å². The number of nitrogens with zero attached hydrogens (tertiary/aromatic N) is 2. The molecule has 1 aromatic heterocycles. The van der Waals surface area contributed by atoms with Crippen molar-refractivity contribution in [3.05, 3.63) is 82.6 Å². The Morgan fingerprint density at radius 3 is 2.49 bits per heavy atom. The van der Waals surface area contributed by atoms with E-state index in [1.165, 1.54) is 30.3 Å². The molecule has 1 saturated heterocycles. The van der Waals surface area contributed by atoms with Gasteiger partial charge in [-0.25, -0.2) is 17.8 Å². The Bertz CT molecular complexity index is 1600. The standard InChI is InChI=1S/C25H22ClFN4O4S2/c26-19-4-2-1-3-18(19)25(33)9-11-31(12-10-25)23(32)15-5-7-17(8-6-15)30-37(34,35)21-14-16(27)13-20-22(21)29-24(28)36-20/h1-8,13-14,30,33H,9-12H2,(H2,28,29). The highest BCUT2D eigenvalue weighted by atomic mass is 35.5. The molecule has 0 aliphatic carbocycles. The second kappa shape index (κ2) is 9.56. The summed E-state index contributed by atoms with van der Waals surface area (Å²) in [6, 6.07) is 15.1. The highest BCUT2D eigenvalue weighted by molar-refractivity contribution is 7.93. The van der Waals surface area contributed by atoms with Crippen molar-refractivity contribution in [3.63, 3.8) is 0 Å². The van der Waals surface area contributed by atoms with E-state index in [1.807, 2.05) is 6.07 Å². The van der Waals surface area contributed by atoms with Gasteiger partial charge >= 0.3 is 0 Å². The molecule has 2 heterocycles. The van der Waals surface area contributed by atoms with Crippen molar-refractivity contribution in [2.24, 2.45) is 0 Å². The van der Waals surface area contributed by atoms with Crippen molar-refractivity contribution >= 4 is 59.9 Å². The van der Waals surface area contributed by atoms with Crippen LogP contribution in [0.3, 0.4) is 0 Å². The quantitative estimate of drug-likeness (QED) is 0.328. The number of benzene rings is 3. The molecule has 0 unspecified atom stereocenters. The van der Waals surface area contributed by atoms with Gasteiger partial charge in [-0.3, -0.25) is 9.52 Å². The molecule has 3 aromatic carbocycles. The van der Waals surface area contributed by atoms with Gasteiger partial charge in [0.15, 0.2) is 5.13 Å². The zero-order valence-corrected chi connectivity index (χ0v) is 21.7. The van der Waals surface area contributed by atoms with Gasteiger partial charge in [-0.05, 0) is 55.3 Å². The molecular formula is C25H22ClFN4O4S2. The lowest BCUT2D eigenvalue weighted by Gasteiger charge is -2.39. The normalized spacial score (nSPS) is 15.6. The van der Waals surface area contributed by atoms with E-state index in [0.717, 1.165) is 17.4 Å². The van der Waals surface area contributed by atoms with Crippen LogP contribution in [0.1, 0.15) is 28.8 Å². The molecular weight excluding hydrogens is 539 g/mol. The molecule has 8 nitrogen and oxygen atoms in total. The fraction of sp³-hybridized carbons (Fsp3) is 0.200. The minimum absolute atomic E-state index is 0.0880. The second-order valence-corrected chi connectivity index (χ2v) is 11.9. The molecule has 0 saturated carbocycles. The van der Waals surface area contributed by atoms with E-state index in [2.05, 4.69) is 9.71 Å². The Labute approximate surface area is 221 Å². The highest BCUT2D eigenvalue weighted by Gasteiger charge is 2.37. The Morgan fingerprint density at radius 1 is 1.14 bits per heavy atom. The summed E-state index contributed by atoms with van der Waals surface area (Å²) in [7, 11) is -4.18. The minimum atomic E-state index is -4.18. The molecule has 4 N–H and O–H groups in total. The lowest BCUT2D eigenvalue weighted by Crippen LogP contribution is -2.45. The molecule has 1 amide bonds. The monoisotopic (exact) mass is 560 g/mol. The molecule has 0 bridgehead atoms. The number of hydrogen-bond donors (Lipinski definition) is 3. The maximum absolute atomic E-state index is 14.0. The van der Waals surface area contributed by atoms with E-state index in [1.54, 1.807) is 23.1 Å². The molecule has 0 atom stereocenters. The number of piperidine rings is 1. The molecule has 37 heavy (non-hydrogen) atoms. The number of nitrogens with two attached hydrogens (primary N) is 1. The van der Waals surface area contributed by atoms with E-state index in [0.29, 0.717) is 46.8 Å². The fourth-order valence-corrected chi connectivity index (χ4v) is 6.85. The lowest BCUT2D eigenvalue weighted by atomic mass is 9.84. The minimum Gasteiger partial charge on any atom is -0.385 e. The number of likely N-dealkylation sites (tertiary alicyclic amines) is 1. The third-order valence-corrected chi connectivity index (χ3v) is 8.92. The molecule has 0 spiro atoms. The summed E-state index contributed by atoms with van der Waals surface area (Å²) in [4.78, 5) is 18.4. The first-order chi connectivity index (χ1) is 17.6. The van der Waals surface area contributed by atoms with Crippen LogP contribution in [-0.4, -0.2) is 42.4 Å². The maximum atomic E-state index is 14.0. The van der Waals surface area contributed by atoms with Gasteiger partial charge in [-0.2, -0.15) is 0 Å². The molecule has 1 aliphatic rings. The zero-order valence-electron chi connectivity index (χ0n) is 19.3. The number of carbonyl (C=O) groups excluding carboxylic acids is 1. The Kier molecular flexibility index (Phi) is 6.57. The first-order valence-electron chi connectivity index (χ1n) is 11.3. The van der Waals surface area contributed by atoms with E-state index >= 15 is 0 Å². The predicted octanol–water partition coefficient (Wildman–Crippen LogP) is 4.60. The van der Waals surface area contributed by atoms with Crippen LogP contribution >= 0.6 is 22.9 Å². The number of thiazole rings is 1. The number of amides is 1. The summed E-state index contributed by atoms with van der Waals surface area (Å²) in [5.74, 6) is -0.958. The van der Waals surface area contributed by atoms with E-state index in [4.69, 9.17) is 17.3 Å². The molecule has 0 radical (unpaired) electrons. The van der Waals surface area contributed by atoms with Crippen LogP contribution in [0.5, 0.6) is 0 Å². The summed E-state index contributed by atoms with van der Waals surface area (Å²) in [6.07, 6.45) is 0.674. The van der Waals surface area contributed by atoms with Gasteiger partial charge < -0.3 is 15.7 Å². The third-order valence-electron chi connectivity index (χ3n) is 6.37. The zero-order chi connectivity index (χ0) is 26.4. The number of halogens is 2. The summed E-state index contributed by atoms with van der Waals surface area (Å²) in [6.45, 7) is 0.669. The summed E-state index contributed by atoms with van der Waals surface area (Å²) in [5, 5.41) is 11.7. The third kappa shape index (κ3) is 4.99. The first kappa shape index (κ1) is 25.4. The number of hydrogen-bond acceptors (Lipinski definition) is 7. The number of fused-ring (bicyclic) bond motifs is 1. The number of anilines is 2. The fourth-order valence-electron chi connectivity index (χ4n) is 4.45. The van der Waals surface area contributed by atoms with Crippen LogP contribution in [0.4, 0.5) is 15.2 Å². The van der Waals surface area contributed by atoms with Crippen molar-refractivity contribution < 1.29 is 22.7 Å². The van der Waals surface area contributed by atoms with Crippen molar-refractivity contribution in [2.75, 3.05) is 23.5 Å². The largest absolute Gasteiger partial charge is 0.385 e. The van der Waals surface area contributed by atoms with Gasteiger partial charge in [-0.1, -0.05) is 41.1 Å². The van der Waals surface area contributed by atoms with Crippen molar-refractivity contribution in [1.29, 1.82) is 0 Å². The van der Waals surface area contributed by atoms with E-state index in [9.17, 15) is 22.7 Å². The highest BCUT2D eigenvalue weighted by Crippen LogP contribution is 2.37. The number of sulfonamides is 1. The lowest BCUT2D eigenvalue weighted by molar-refractivity contribution is -0.0210. The van der Waals surface area contributed by atoms with Gasteiger partial charge in [0, 0.05) is 34.9 Å². The Morgan fingerprint density at radius 2 is 1.81 bits per heavy atom. The summed E-state index contributed by atoms with van der Waals surface area (Å²) >= 11 is 7.25. The molecule has 192 valence electrons. The van der Waals surface area contributed by atoms with Crippen molar-refractivity contribution in [3.8, 4) is 0 Å². The van der Waals surface area contributed by atoms with Crippen LogP contribution in [0.2, 0.25) is 5.02 Å². The molecule has 1 aliphatic heterocycles. The second-order valence-electron chi connectivity index (χ2n) is 8.79. The predicted molar refractivity (Wildman–Crippen MR) is 142 cm³/mol. The summed E-state index contributed by atoms with van der Waals surface area (Å²) < 4.78 is 42.7. The molecule has 12 heteroatoms. The molecule has 4 aromatic rings. The average Bonchev–Trinajstić information content (AvgIpc) is 3.23. The first-order valence-corrected chi connectivity index (χ1v) is 14.0. The van der Waals surface area contributed by atoms with Crippen LogP contribution in [0.25, 0.3) is 10.2 Å². The number of aromatic nitrogens is 1. The van der Waals surface area contributed by atoms with Gasteiger partial charge in [0.25, 0.3) is 15.9 Å². The van der Waals surface area contributed by atoms with Crippen LogP contribution in [0.15, 0.2) is 65.6 Å². The maximum Gasteiger partial charge on any atom is 0.264 e. The van der Waals surface area contributed by atoms with Crippen LogP contribution in [0, 0.1) is 5.82 Å². The van der Waals surface area contributed by atoms with Crippen molar-refractivity contribution in [1.82, 2.24) is 9.88 Å². The van der Waals surface area contributed by atoms with Crippen LogP contribution in [-0.2, 0) is 15.6 Å². The smallest absolute Gasteiger partial charge is 0.264 e. The Balaban J connectivity index is 1.29. The number of carbonyl (C=O) groups is 1.